The minimum atomic E-state index is -0.0804. The van der Waals surface area contributed by atoms with Gasteiger partial charge in [-0.2, -0.15) is 0 Å². The van der Waals surface area contributed by atoms with E-state index >= 15 is 0 Å². The maximum atomic E-state index is 12.8. The number of hydrogen-bond donors (Lipinski definition) is 1. The minimum Gasteiger partial charge on any atom is -0.459 e. The molecular weight excluding hydrogens is 286 g/mol. The molecule has 0 aliphatic heterocycles. The van der Waals surface area contributed by atoms with Gasteiger partial charge in [-0.1, -0.05) is 49.6 Å². The van der Waals surface area contributed by atoms with Crippen LogP contribution in [0.2, 0.25) is 0 Å². The van der Waals surface area contributed by atoms with Crippen molar-refractivity contribution >= 4 is 5.97 Å². The van der Waals surface area contributed by atoms with Crippen LogP contribution in [0.4, 0.5) is 0 Å². The fourth-order valence-corrected chi connectivity index (χ4v) is 3.72. The molecule has 1 aliphatic rings. The predicted octanol–water partition coefficient (Wildman–Crippen LogP) is 2.82. The zero-order valence-electron chi connectivity index (χ0n) is 14.7. The summed E-state index contributed by atoms with van der Waals surface area (Å²) >= 11 is 0. The highest BCUT2D eigenvalue weighted by Gasteiger charge is 2.32. The number of carbonyl (C=O) groups excluding carboxylic acids is 1. The third kappa shape index (κ3) is 5.35. The highest BCUT2D eigenvalue weighted by molar-refractivity contribution is 5.78. The smallest absolute Gasteiger partial charge is 0.313 e. The monoisotopic (exact) mass is 318 g/mol. The van der Waals surface area contributed by atoms with Crippen molar-refractivity contribution in [3.63, 3.8) is 0 Å². The number of benzene rings is 1. The van der Waals surface area contributed by atoms with Crippen LogP contribution < -0.4 is 4.90 Å². The topological polar surface area (TPSA) is 30.7 Å². The van der Waals surface area contributed by atoms with Crippen LogP contribution in [0.15, 0.2) is 30.3 Å². The van der Waals surface area contributed by atoms with Crippen LogP contribution in [0, 0.1) is 5.92 Å². The van der Waals surface area contributed by atoms with Crippen molar-refractivity contribution < 1.29 is 14.4 Å². The molecule has 1 aromatic rings. The van der Waals surface area contributed by atoms with Crippen LogP contribution in [0.3, 0.4) is 0 Å². The van der Waals surface area contributed by atoms with Gasteiger partial charge < -0.3 is 9.64 Å². The van der Waals surface area contributed by atoms with Gasteiger partial charge in [0.25, 0.3) is 0 Å². The summed E-state index contributed by atoms with van der Waals surface area (Å²) in [6.45, 7) is 7.96. The number of rotatable bonds is 8. The van der Waals surface area contributed by atoms with Gasteiger partial charge in [-0.3, -0.25) is 4.79 Å². The summed E-state index contributed by atoms with van der Waals surface area (Å²) in [6, 6.07) is 10.2. The van der Waals surface area contributed by atoms with E-state index in [1.807, 2.05) is 18.2 Å². The van der Waals surface area contributed by atoms with E-state index in [9.17, 15) is 4.79 Å². The Kier molecular flexibility index (Phi) is 7.60. The van der Waals surface area contributed by atoms with Crippen LogP contribution in [-0.2, 0) is 9.53 Å². The maximum absolute atomic E-state index is 12.8. The normalized spacial score (nSPS) is 17.2. The van der Waals surface area contributed by atoms with Crippen LogP contribution in [0.5, 0.6) is 0 Å². The molecule has 0 heterocycles. The van der Waals surface area contributed by atoms with Crippen LogP contribution >= 0.6 is 0 Å². The highest BCUT2D eigenvalue weighted by atomic mass is 16.5. The van der Waals surface area contributed by atoms with Gasteiger partial charge in [-0.25, -0.2) is 0 Å². The third-order valence-electron chi connectivity index (χ3n) is 5.23. The molecule has 1 aromatic carbocycles. The molecule has 128 valence electrons. The average molecular weight is 318 g/mol. The van der Waals surface area contributed by atoms with Crippen molar-refractivity contribution in [2.24, 2.45) is 5.92 Å². The molecule has 0 amide bonds. The summed E-state index contributed by atoms with van der Waals surface area (Å²) < 4.78 is 5.69. The zero-order valence-corrected chi connectivity index (χ0v) is 14.7. The van der Waals surface area contributed by atoms with Gasteiger partial charge in [0, 0.05) is 0 Å². The Morgan fingerprint density at radius 1 is 1.13 bits per heavy atom. The quantitative estimate of drug-likeness (QED) is 0.747. The molecule has 0 radical (unpaired) electrons. The molecule has 0 bridgehead atoms. The van der Waals surface area contributed by atoms with E-state index in [0.717, 1.165) is 38.0 Å². The van der Waals surface area contributed by atoms with E-state index in [0.29, 0.717) is 12.5 Å². The lowest BCUT2D eigenvalue weighted by Crippen LogP contribution is -3.11. The Morgan fingerprint density at radius 3 is 2.39 bits per heavy atom. The van der Waals surface area contributed by atoms with Crippen molar-refractivity contribution in [2.45, 2.75) is 51.9 Å². The van der Waals surface area contributed by atoms with Gasteiger partial charge in [-0.05, 0) is 38.2 Å². The molecule has 3 heteroatoms. The zero-order chi connectivity index (χ0) is 16.5. The second-order valence-electron chi connectivity index (χ2n) is 6.66. The van der Waals surface area contributed by atoms with E-state index in [1.165, 1.54) is 24.2 Å². The standard InChI is InChI=1S/C20H31NO2/c1-3-21(4-2)15-16-23-20(22)19(17-11-7-5-8-12-17)18-13-9-6-10-14-18/h5,7-8,11-12,18-19H,3-4,6,9-10,13-16H2,1-2H3/p+1/t19-/m1/s1. The molecular formula is C20H32NO2+. The van der Waals surface area contributed by atoms with Gasteiger partial charge >= 0.3 is 5.97 Å². The molecule has 1 aliphatic carbocycles. The van der Waals surface area contributed by atoms with Gasteiger partial charge in [-0.15, -0.1) is 0 Å². The van der Waals surface area contributed by atoms with E-state index in [4.69, 9.17) is 4.74 Å². The molecule has 1 N–H and O–H groups in total. The fourth-order valence-electron chi connectivity index (χ4n) is 3.72. The van der Waals surface area contributed by atoms with Gasteiger partial charge in [0.15, 0.2) is 0 Å². The van der Waals surface area contributed by atoms with E-state index in [1.54, 1.807) is 0 Å². The first kappa shape index (κ1) is 18.0. The Morgan fingerprint density at radius 2 is 1.78 bits per heavy atom. The van der Waals surface area contributed by atoms with E-state index in [2.05, 4.69) is 26.0 Å². The van der Waals surface area contributed by atoms with Crippen LogP contribution in [0.25, 0.3) is 0 Å². The third-order valence-corrected chi connectivity index (χ3v) is 5.23. The molecule has 2 rings (SSSR count). The molecule has 0 saturated heterocycles. The van der Waals surface area contributed by atoms with Crippen molar-refractivity contribution in [1.82, 2.24) is 0 Å². The summed E-state index contributed by atoms with van der Waals surface area (Å²) in [5.41, 5.74) is 1.12. The number of esters is 1. The van der Waals surface area contributed by atoms with Gasteiger partial charge in [0.2, 0.25) is 0 Å². The van der Waals surface area contributed by atoms with E-state index in [-0.39, 0.29) is 11.9 Å². The Hall–Kier alpha value is -1.35. The minimum absolute atomic E-state index is 0.0188. The van der Waals surface area contributed by atoms with Gasteiger partial charge in [0.1, 0.15) is 13.2 Å². The number of hydrogen-bond acceptors (Lipinski definition) is 2. The Balaban J connectivity index is 2.00. The largest absolute Gasteiger partial charge is 0.459 e. The van der Waals surface area contributed by atoms with E-state index < -0.39 is 0 Å². The average Bonchev–Trinajstić information content (AvgIpc) is 2.61. The van der Waals surface area contributed by atoms with Crippen LogP contribution in [0.1, 0.15) is 57.4 Å². The maximum Gasteiger partial charge on any atom is 0.313 e. The molecule has 3 nitrogen and oxygen atoms in total. The Labute approximate surface area is 141 Å². The molecule has 0 unspecified atom stereocenters. The lowest BCUT2D eigenvalue weighted by Gasteiger charge is -2.29. The lowest BCUT2D eigenvalue weighted by molar-refractivity contribution is -0.896. The first-order valence-corrected chi connectivity index (χ1v) is 9.31. The number of carbonyl (C=O) groups is 1. The summed E-state index contributed by atoms with van der Waals surface area (Å²) in [6.07, 6.45) is 6.08. The molecule has 0 spiro atoms. The molecule has 0 aromatic heterocycles. The summed E-state index contributed by atoms with van der Waals surface area (Å²) in [4.78, 5) is 14.2. The fraction of sp³-hybridized carbons (Fsp3) is 0.650. The first-order valence-electron chi connectivity index (χ1n) is 9.31. The molecule has 1 saturated carbocycles. The molecule has 1 atom stereocenters. The number of likely N-dealkylation sites (N-methyl/N-ethyl adjacent to an activating group) is 1. The van der Waals surface area contributed by atoms with Gasteiger partial charge in [0.05, 0.1) is 19.0 Å². The molecule has 23 heavy (non-hydrogen) atoms. The second-order valence-corrected chi connectivity index (χ2v) is 6.66. The number of ether oxygens (including phenoxy) is 1. The van der Waals surface area contributed by atoms with Crippen molar-refractivity contribution in [1.29, 1.82) is 0 Å². The lowest BCUT2D eigenvalue weighted by atomic mass is 9.77. The Bertz CT molecular complexity index is 450. The number of quaternary nitrogens is 1. The van der Waals surface area contributed by atoms with Crippen LogP contribution in [-0.4, -0.2) is 32.2 Å². The first-order chi connectivity index (χ1) is 11.3. The van der Waals surface area contributed by atoms with Crippen molar-refractivity contribution in [3.05, 3.63) is 35.9 Å². The van der Waals surface area contributed by atoms with Crippen molar-refractivity contribution in [2.75, 3.05) is 26.2 Å². The highest BCUT2D eigenvalue weighted by Crippen LogP contribution is 2.36. The van der Waals surface area contributed by atoms with Crippen molar-refractivity contribution in [3.8, 4) is 0 Å². The SMILES string of the molecule is CC[NH+](CC)CCOC(=O)[C@H](c1ccccc1)C1CCCCC1. The second kappa shape index (κ2) is 9.71. The number of nitrogens with one attached hydrogen (secondary N) is 1. The summed E-state index contributed by atoms with van der Waals surface area (Å²) in [7, 11) is 0. The summed E-state index contributed by atoms with van der Waals surface area (Å²) in [5, 5.41) is 0. The predicted molar refractivity (Wildman–Crippen MR) is 93.6 cm³/mol. The molecule has 1 fully saturated rings. The summed E-state index contributed by atoms with van der Waals surface area (Å²) in [5.74, 6) is 0.345.